The third-order valence-electron chi connectivity index (χ3n) is 4.80. The van der Waals surface area contributed by atoms with Gasteiger partial charge in [0.25, 0.3) is 5.91 Å². The first-order valence-electron chi connectivity index (χ1n) is 9.31. The van der Waals surface area contributed by atoms with Crippen LogP contribution in [0.2, 0.25) is 0 Å². The van der Waals surface area contributed by atoms with Gasteiger partial charge in [0, 0.05) is 17.8 Å². The number of rotatable bonds is 8. The van der Waals surface area contributed by atoms with Gasteiger partial charge in [-0.2, -0.15) is 0 Å². The minimum atomic E-state index is -1.10. The Kier molecular flexibility index (Phi) is 6.06. The minimum absolute atomic E-state index is 0.0640. The molecule has 1 aromatic heterocycles. The molecule has 1 atom stereocenters. The summed E-state index contributed by atoms with van der Waals surface area (Å²) < 4.78 is 7.70. The van der Waals surface area contributed by atoms with Gasteiger partial charge in [-0.1, -0.05) is 41.6 Å². The van der Waals surface area contributed by atoms with Gasteiger partial charge < -0.3 is 25.0 Å². The average Bonchev–Trinajstić information content (AvgIpc) is 2.99. The van der Waals surface area contributed by atoms with Crippen LogP contribution in [0.15, 0.2) is 53.7 Å². The molecule has 0 saturated heterocycles. The SMILES string of the molecule is CO/N=C(\C(N)=O)c1c(C)n(Cc2ccccc2)c2cccc(OC(C)C(=O)O)c12. The topological polar surface area (TPSA) is 116 Å². The van der Waals surface area contributed by atoms with E-state index in [0.717, 1.165) is 16.8 Å². The van der Waals surface area contributed by atoms with Crippen molar-refractivity contribution in [1.29, 1.82) is 0 Å². The zero-order valence-corrected chi connectivity index (χ0v) is 17.0. The number of amides is 1. The van der Waals surface area contributed by atoms with Crippen molar-refractivity contribution in [3.8, 4) is 5.75 Å². The summed E-state index contributed by atoms with van der Waals surface area (Å²) in [5.41, 5.74) is 8.50. The van der Waals surface area contributed by atoms with E-state index in [1.54, 1.807) is 12.1 Å². The van der Waals surface area contributed by atoms with Crippen LogP contribution in [0.25, 0.3) is 10.9 Å². The average molecular weight is 409 g/mol. The van der Waals surface area contributed by atoms with Crippen molar-refractivity contribution in [1.82, 2.24) is 4.57 Å². The fourth-order valence-electron chi connectivity index (χ4n) is 3.40. The highest BCUT2D eigenvalue weighted by molar-refractivity contribution is 6.47. The molecular formula is C22H23N3O5. The van der Waals surface area contributed by atoms with Gasteiger partial charge in [-0.05, 0) is 31.5 Å². The van der Waals surface area contributed by atoms with Crippen LogP contribution < -0.4 is 10.5 Å². The molecule has 3 rings (SSSR count). The maximum absolute atomic E-state index is 12.2. The van der Waals surface area contributed by atoms with Crippen molar-refractivity contribution in [2.24, 2.45) is 10.9 Å². The van der Waals surface area contributed by atoms with Crippen molar-refractivity contribution in [2.75, 3.05) is 7.11 Å². The van der Waals surface area contributed by atoms with Gasteiger partial charge in [0.15, 0.2) is 11.8 Å². The predicted octanol–water partition coefficient (Wildman–Crippen LogP) is 2.69. The van der Waals surface area contributed by atoms with Gasteiger partial charge in [-0.25, -0.2) is 4.79 Å². The Labute approximate surface area is 173 Å². The highest BCUT2D eigenvalue weighted by Crippen LogP contribution is 2.35. The van der Waals surface area contributed by atoms with Crippen molar-refractivity contribution in [3.63, 3.8) is 0 Å². The Hall–Kier alpha value is -3.81. The van der Waals surface area contributed by atoms with Crippen molar-refractivity contribution in [3.05, 3.63) is 65.4 Å². The number of carboxylic acid groups (broad SMARTS) is 1. The Morgan fingerprint density at radius 3 is 2.47 bits per heavy atom. The lowest BCUT2D eigenvalue weighted by Gasteiger charge is -2.13. The Morgan fingerprint density at radius 1 is 1.17 bits per heavy atom. The van der Waals surface area contributed by atoms with E-state index in [2.05, 4.69) is 5.16 Å². The lowest BCUT2D eigenvalue weighted by atomic mass is 10.0. The molecular weight excluding hydrogens is 386 g/mol. The van der Waals surface area contributed by atoms with E-state index in [4.69, 9.17) is 15.3 Å². The maximum Gasteiger partial charge on any atom is 0.344 e. The third kappa shape index (κ3) is 3.98. The Morgan fingerprint density at radius 2 is 1.87 bits per heavy atom. The molecule has 0 aliphatic carbocycles. The van der Waals surface area contributed by atoms with Crippen LogP contribution in [0.4, 0.5) is 0 Å². The smallest absolute Gasteiger partial charge is 0.344 e. The number of ether oxygens (including phenoxy) is 1. The fraction of sp³-hybridized carbons (Fsp3) is 0.227. The molecule has 0 saturated carbocycles. The first-order chi connectivity index (χ1) is 14.3. The van der Waals surface area contributed by atoms with Gasteiger partial charge in [0.1, 0.15) is 12.9 Å². The van der Waals surface area contributed by atoms with Crippen LogP contribution in [0.3, 0.4) is 0 Å². The van der Waals surface area contributed by atoms with Crippen LogP contribution in [0, 0.1) is 6.92 Å². The van der Waals surface area contributed by atoms with Crippen LogP contribution >= 0.6 is 0 Å². The van der Waals surface area contributed by atoms with Gasteiger partial charge in [0.05, 0.1) is 10.9 Å². The molecule has 3 aromatic rings. The molecule has 0 aliphatic rings. The molecule has 0 radical (unpaired) electrons. The highest BCUT2D eigenvalue weighted by atomic mass is 16.6. The van der Waals surface area contributed by atoms with E-state index in [1.807, 2.05) is 47.9 Å². The molecule has 0 fully saturated rings. The van der Waals surface area contributed by atoms with E-state index < -0.39 is 18.0 Å². The molecule has 8 heteroatoms. The lowest BCUT2D eigenvalue weighted by Crippen LogP contribution is -2.26. The van der Waals surface area contributed by atoms with Crippen LogP contribution in [0.5, 0.6) is 5.75 Å². The van der Waals surface area contributed by atoms with Crippen molar-refractivity contribution < 1.29 is 24.3 Å². The molecule has 2 aromatic carbocycles. The summed E-state index contributed by atoms with van der Waals surface area (Å²) in [6, 6.07) is 15.1. The molecule has 1 heterocycles. The zero-order chi connectivity index (χ0) is 21.8. The highest BCUT2D eigenvalue weighted by Gasteiger charge is 2.26. The number of aromatic nitrogens is 1. The Bertz CT molecular complexity index is 1120. The Balaban J connectivity index is 2.30. The number of carbonyl (C=O) groups is 2. The third-order valence-corrected chi connectivity index (χ3v) is 4.80. The minimum Gasteiger partial charge on any atom is -0.479 e. The number of hydrogen-bond donors (Lipinski definition) is 2. The number of hydrogen-bond acceptors (Lipinski definition) is 5. The second kappa shape index (κ2) is 8.69. The first-order valence-corrected chi connectivity index (χ1v) is 9.31. The number of carbonyl (C=O) groups excluding carboxylic acids is 1. The monoisotopic (exact) mass is 409 g/mol. The molecule has 8 nitrogen and oxygen atoms in total. The number of aliphatic carboxylic acids is 1. The van der Waals surface area contributed by atoms with E-state index in [0.29, 0.717) is 23.2 Å². The fourth-order valence-corrected chi connectivity index (χ4v) is 3.40. The summed E-state index contributed by atoms with van der Waals surface area (Å²) in [5, 5.41) is 13.7. The van der Waals surface area contributed by atoms with Crippen molar-refractivity contribution in [2.45, 2.75) is 26.5 Å². The summed E-state index contributed by atoms with van der Waals surface area (Å²) in [5.74, 6) is -1.55. The van der Waals surface area contributed by atoms with Crippen LogP contribution in [-0.2, 0) is 21.0 Å². The van der Waals surface area contributed by atoms with E-state index in [9.17, 15) is 14.7 Å². The first kappa shape index (κ1) is 20.9. The molecule has 156 valence electrons. The van der Waals surface area contributed by atoms with Crippen molar-refractivity contribution >= 4 is 28.5 Å². The zero-order valence-electron chi connectivity index (χ0n) is 17.0. The number of primary amides is 1. The van der Waals surface area contributed by atoms with Gasteiger partial charge in [0.2, 0.25) is 0 Å². The maximum atomic E-state index is 12.2. The second-order valence-electron chi connectivity index (χ2n) is 6.77. The predicted molar refractivity (Wildman–Crippen MR) is 113 cm³/mol. The number of nitrogens with zero attached hydrogens (tertiary/aromatic N) is 2. The quantitative estimate of drug-likeness (QED) is 0.438. The largest absolute Gasteiger partial charge is 0.479 e. The number of carboxylic acids is 1. The summed E-state index contributed by atoms with van der Waals surface area (Å²) in [6.07, 6.45) is -1.09. The normalized spacial score (nSPS) is 12.6. The number of nitrogens with two attached hydrogens (primary N) is 1. The van der Waals surface area contributed by atoms with Gasteiger partial charge in [-0.3, -0.25) is 4.79 Å². The van der Waals surface area contributed by atoms with E-state index in [1.165, 1.54) is 14.0 Å². The molecule has 0 bridgehead atoms. The molecule has 0 aliphatic heterocycles. The summed E-state index contributed by atoms with van der Waals surface area (Å²) in [6.45, 7) is 3.81. The molecule has 1 unspecified atom stereocenters. The van der Waals surface area contributed by atoms with Crippen LogP contribution in [0.1, 0.15) is 23.7 Å². The number of oxime groups is 1. The summed E-state index contributed by atoms with van der Waals surface area (Å²) in [7, 11) is 1.32. The number of fused-ring (bicyclic) bond motifs is 1. The van der Waals surface area contributed by atoms with E-state index in [-0.39, 0.29) is 5.71 Å². The second-order valence-corrected chi connectivity index (χ2v) is 6.77. The lowest BCUT2D eigenvalue weighted by molar-refractivity contribution is -0.144. The van der Waals surface area contributed by atoms with Gasteiger partial charge in [-0.15, -0.1) is 0 Å². The molecule has 30 heavy (non-hydrogen) atoms. The summed E-state index contributed by atoms with van der Waals surface area (Å²) in [4.78, 5) is 28.4. The van der Waals surface area contributed by atoms with Crippen LogP contribution in [-0.4, -0.2) is 40.5 Å². The molecule has 3 N–H and O–H groups in total. The van der Waals surface area contributed by atoms with Gasteiger partial charge >= 0.3 is 5.97 Å². The molecule has 0 spiro atoms. The number of benzene rings is 2. The standard InChI is InChI=1S/C22H23N3O5/c1-13-18(20(21(23)26)24-29-3)19-16(25(13)12-15-8-5-4-6-9-15)10-7-11-17(19)30-14(2)22(27)28/h4-11,14H,12H2,1-3H3,(H2,23,26)(H,27,28)/b24-20-. The molecule has 1 amide bonds. The van der Waals surface area contributed by atoms with E-state index >= 15 is 0 Å². The summed E-state index contributed by atoms with van der Waals surface area (Å²) >= 11 is 0.